The molecule has 0 amide bonds. The number of aromatic nitrogens is 2. The van der Waals surface area contributed by atoms with Crippen molar-refractivity contribution in [1.82, 2.24) is 10.2 Å². The molecule has 0 saturated carbocycles. The van der Waals surface area contributed by atoms with Gasteiger partial charge in [0.05, 0.1) is 38.2 Å². The van der Waals surface area contributed by atoms with E-state index in [1.165, 1.54) is 0 Å². The topological polar surface area (TPSA) is 62.7 Å². The molecule has 42 heavy (non-hydrogen) atoms. The summed E-state index contributed by atoms with van der Waals surface area (Å²) in [4.78, 5) is 0. The number of ether oxygens (including phenoxy) is 4. The molecule has 0 aliphatic carbocycles. The molecule has 0 spiro atoms. The van der Waals surface area contributed by atoms with E-state index < -0.39 is 11.5 Å². The summed E-state index contributed by atoms with van der Waals surface area (Å²) in [7, 11) is 1.55. The summed E-state index contributed by atoms with van der Waals surface area (Å²) in [5, 5.41) is 8.24. The maximum absolute atomic E-state index is 6.92. The Morgan fingerprint density at radius 2 is 1.48 bits per heavy atom. The molecule has 3 aromatic carbocycles. The number of alkyl halides is 1. The Morgan fingerprint density at radius 3 is 2.05 bits per heavy atom. The van der Waals surface area contributed by atoms with Crippen molar-refractivity contribution in [2.24, 2.45) is 5.92 Å². The molecule has 2 unspecified atom stereocenters. The summed E-state index contributed by atoms with van der Waals surface area (Å²) in [5.41, 5.74) is 4.40. The van der Waals surface area contributed by atoms with Crippen molar-refractivity contribution in [3.05, 3.63) is 124 Å². The SMILES string of the molecule is CC[C@H]1OC(c2ccc(Cl)c(C(Cl)c3ccc(OC)nn3)c2)[C@H](OCc2ccccc2)[C@@H](OCc2ccccc2)[C@@H]1C. The molecule has 1 aliphatic rings. The lowest BCUT2D eigenvalue weighted by atomic mass is 9.84. The van der Waals surface area contributed by atoms with Gasteiger partial charge in [0.25, 0.3) is 0 Å². The van der Waals surface area contributed by atoms with Gasteiger partial charge in [0.1, 0.15) is 17.6 Å². The Bertz CT molecular complexity index is 1410. The fourth-order valence-electron chi connectivity index (χ4n) is 5.44. The lowest BCUT2D eigenvalue weighted by Gasteiger charge is -2.46. The smallest absolute Gasteiger partial charge is 0.233 e. The molecule has 1 saturated heterocycles. The normalized spacial score (nSPS) is 22.9. The zero-order valence-corrected chi connectivity index (χ0v) is 25.5. The number of hydrogen-bond donors (Lipinski definition) is 0. The number of halogens is 2. The maximum atomic E-state index is 6.92. The second-order valence-corrected chi connectivity index (χ2v) is 11.4. The van der Waals surface area contributed by atoms with Gasteiger partial charge in [-0.25, -0.2) is 0 Å². The molecular weight excluding hydrogens is 571 g/mol. The maximum Gasteiger partial charge on any atom is 0.233 e. The van der Waals surface area contributed by atoms with Crippen LogP contribution in [0.3, 0.4) is 0 Å². The van der Waals surface area contributed by atoms with E-state index >= 15 is 0 Å². The molecular formula is C34H36Cl2N2O4. The molecule has 6 atom stereocenters. The van der Waals surface area contributed by atoms with E-state index in [2.05, 4.69) is 48.3 Å². The first-order chi connectivity index (χ1) is 20.5. The standard InChI is InChI=1S/C34H36Cl2N2O4/c1-4-29-22(2)32(40-20-23-11-7-5-8-12-23)34(41-21-24-13-9-6-10-14-24)33(42-29)25-15-16-27(35)26(19-25)31(36)28-17-18-30(39-3)38-37-28/h5-19,22,29,31-34H,4,20-21H2,1-3H3/t22-,29-,31?,32+,33?,34-/m1/s1. The summed E-state index contributed by atoms with van der Waals surface area (Å²) in [5.74, 6) is 0.524. The van der Waals surface area contributed by atoms with E-state index in [0.717, 1.165) is 23.1 Å². The van der Waals surface area contributed by atoms with E-state index in [0.29, 0.717) is 35.4 Å². The Kier molecular flexibility index (Phi) is 10.5. The Morgan fingerprint density at radius 1 is 0.833 bits per heavy atom. The predicted molar refractivity (Wildman–Crippen MR) is 165 cm³/mol. The van der Waals surface area contributed by atoms with Gasteiger partial charge in [0.15, 0.2) is 0 Å². The van der Waals surface area contributed by atoms with Crippen LogP contribution in [-0.4, -0.2) is 35.6 Å². The average molecular weight is 608 g/mol. The van der Waals surface area contributed by atoms with Crippen molar-refractivity contribution >= 4 is 23.2 Å². The molecule has 0 radical (unpaired) electrons. The van der Waals surface area contributed by atoms with Crippen molar-refractivity contribution in [2.75, 3.05) is 7.11 Å². The van der Waals surface area contributed by atoms with E-state index in [-0.39, 0.29) is 24.2 Å². The van der Waals surface area contributed by atoms with Crippen LogP contribution in [-0.2, 0) is 27.4 Å². The second-order valence-electron chi connectivity index (χ2n) is 10.5. The third-order valence-corrected chi connectivity index (χ3v) is 8.58. The van der Waals surface area contributed by atoms with Crippen molar-refractivity contribution < 1.29 is 18.9 Å². The van der Waals surface area contributed by atoms with Crippen LogP contribution in [0.5, 0.6) is 5.88 Å². The lowest BCUT2D eigenvalue weighted by molar-refractivity contribution is -0.234. The van der Waals surface area contributed by atoms with Gasteiger partial charge in [0, 0.05) is 17.0 Å². The minimum Gasteiger partial charge on any atom is -0.480 e. The van der Waals surface area contributed by atoms with Crippen LogP contribution in [0.25, 0.3) is 0 Å². The zero-order valence-electron chi connectivity index (χ0n) is 24.0. The highest BCUT2D eigenvalue weighted by molar-refractivity contribution is 6.33. The number of benzene rings is 3. The van der Waals surface area contributed by atoms with Crippen LogP contribution < -0.4 is 4.74 Å². The highest BCUT2D eigenvalue weighted by Crippen LogP contribution is 2.42. The summed E-state index contributed by atoms with van der Waals surface area (Å²) in [6.07, 6.45) is -0.177. The van der Waals surface area contributed by atoms with Crippen LogP contribution in [0, 0.1) is 5.92 Å². The van der Waals surface area contributed by atoms with Crippen molar-refractivity contribution in [3.63, 3.8) is 0 Å². The Balaban J connectivity index is 1.48. The molecule has 8 heteroatoms. The summed E-state index contributed by atoms with van der Waals surface area (Å²) in [6, 6.07) is 29.7. The monoisotopic (exact) mass is 606 g/mol. The molecule has 1 fully saturated rings. The lowest BCUT2D eigenvalue weighted by Crippen LogP contribution is -2.51. The van der Waals surface area contributed by atoms with Crippen molar-refractivity contribution in [1.29, 1.82) is 0 Å². The third-order valence-electron chi connectivity index (χ3n) is 7.77. The first kappa shape index (κ1) is 30.5. The van der Waals surface area contributed by atoms with Gasteiger partial charge in [-0.05, 0) is 46.9 Å². The van der Waals surface area contributed by atoms with E-state index in [1.54, 1.807) is 19.2 Å². The van der Waals surface area contributed by atoms with Gasteiger partial charge in [0.2, 0.25) is 5.88 Å². The van der Waals surface area contributed by atoms with Gasteiger partial charge in [-0.3, -0.25) is 0 Å². The minimum atomic E-state index is -0.617. The Labute approximate surface area is 257 Å². The molecule has 0 bridgehead atoms. The minimum absolute atomic E-state index is 0.0225. The van der Waals surface area contributed by atoms with Crippen LogP contribution in [0.1, 0.15) is 59.7 Å². The van der Waals surface area contributed by atoms with Crippen LogP contribution in [0.15, 0.2) is 91.0 Å². The highest BCUT2D eigenvalue weighted by Gasteiger charge is 2.45. The fraction of sp³-hybridized carbons (Fsp3) is 0.353. The first-order valence-electron chi connectivity index (χ1n) is 14.3. The van der Waals surface area contributed by atoms with E-state index in [4.69, 9.17) is 42.1 Å². The van der Waals surface area contributed by atoms with Crippen LogP contribution in [0.2, 0.25) is 5.02 Å². The fourth-order valence-corrected chi connectivity index (χ4v) is 6.02. The van der Waals surface area contributed by atoms with Crippen LogP contribution in [0.4, 0.5) is 0 Å². The van der Waals surface area contributed by atoms with Gasteiger partial charge < -0.3 is 18.9 Å². The zero-order chi connectivity index (χ0) is 29.5. The largest absolute Gasteiger partial charge is 0.480 e. The van der Waals surface area contributed by atoms with Gasteiger partial charge >= 0.3 is 0 Å². The molecule has 0 N–H and O–H groups in total. The summed E-state index contributed by atoms with van der Waals surface area (Å²) >= 11 is 13.6. The molecule has 1 aromatic heterocycles. The van der Waals surface area contributed by atoms with E-state index in [9.17, 15) is 0 Å². The predicted octanol–water partition coefficient (Wildman–Crippen LogP) is 8.12. The number of methoxy groups -OCH3 is 1. The second kappa shape index (κ2) is 14.5. The molecule has 6 nitrogen and oxygen atoms in total. The van der Waals surface area contributed by atoms with Crippen LogP contribution >= 0.6 is 23.2 Å². The van der Waals surface area contributed by atoms with Gasteiger partial charge in [-0.2, -0.15) is 0 Å². The van der Waals surface area contributed by atoms with E-state index in [1.807, 2.05) is 54.6 Å². The Hall–Kier alpha value is -3.00. The quantitative estimate of drug-likeness (QED) is 0.161. The van der Waals surface area contributed by atoms with Gasteiger partial charge in [-0.1, -0.05) is 92.2 Å². The number of nitrogens with zero attached hydrogens (tertiary/aromatic N) is 2. The molecule has 5 rings (SSSR count). The third kappa shape index (κ3) is 7.13. The number of hydrogen-bond acceptors (Lipinski definition) is 6. The average Bonchev–Trinajstić information content (AvgIpc) is 3.04. The van der Waals surface area contributed by atoms with Crippen molar-refractivity contribution in [2.45, 2.75) is 63.3 Å². The molecule has 4 aromatic rings. The molecule has 2 heterocycles. The highest BCUT2D eigenvalue weighted by atomic mass is 35.5. The summed E-state index contributed by atoms with van der Waals surface area (Å²) in [6.45, 7) is 5.24. The summed E-state index contributed by atoms with van der Waals surface area (Å²) < 4.78 is 25.3. The van der Waals surface area contributed by atoms with Crippen molar-refractivity contribution in [3.8, 4) is 5.88 Å². The molecule has 220 valence electrons. The molecule has 1 aliphatic heterocycles. The number of rotatable bonds is 11. The first-order valence-corrected chi connectivity index (χ1v) is 15.1. The van der Waals surface area contributed by atoms with Gasteiger partial charge in [-0.15, -0.1) is 21.8 Å².